The van der Waals surface area contributed by atoms with E-state index in [4.69, 9.17) is 5.73 Å². The molecule has 0 fully saturated rings. The van der Waals surface area contributed by atoms with Crippen LogP contribution in [-0.2, 0) is 23.8 Å². The van der Waals surface area contributed by atoms with Crippen molar-refractivity contribution in [3.63, 3.8) is 0 Å². The molecule has 0 radical (unpaired) electrons. The molecule has 3 N–H and O–H groups in total. The van der Waals surface area contributed by atoms with Crippen LogP contribution in [0, 0.1) is 0 Å². The van der Waals surface area contributed by atoms with Gasteiger partial charge in [0.1, 0.15) is 10.7 Å². The first-order valence-electron chi connectivity index (χ1n) is 9.59. The van der Waals surface area contributed by atoms with Crippen molar-refractivity contribution < 1.29 is 22.8 Å². The third-order valence-electron chi connectivity index (χ3n) is 4.77. The number of rotatable bonds is 6. The van der Waals surface area contributed by atoms with E-state index in [1.807, 2.05) is 0 Å². The Balaban J connectivity index is 1.52. The Bertz CT molecular complexity index is 1160. The highest BCUT2D eigenvalue weighted by Crippen LogP contribution is 2.38. The molecule has 4 rings (SSSR count). The first kappa shape index (κ1) is 22.7. The molecular formula is C20H17F3N4O2S3. The standard InChI is InChI=1S/C20H17F3N4O2S3/c21-20(22,23)14-8-11(13-6-3-7-30-13)25-19(26-14)31-9-15(28)27-18-16(17(24)29)10-4-1-2-5-12(10)32-18/h3,6-8H,1-2,4-5,9H2,(H2,24,29)(H,27,28). The van der Waals surface area contributed by atoms with Crippen molar-refractivity contribution in [3.8, 4) is 10.6 Å². The van der Waals surface area contributed by atoms with Gasteiger partial charge in [0.2, 0.25) is 5.91 Å². The molecule has 0 aliphatic heterocycles. The summed E-state index contributed by atoms with van der Waals surface area (Å²) in [6.07, 6.45) is -1.12. The zero-order valence-corrected chi connectivity index (χ0v) is 18.9. The molecule has 1 aliphatic carbocycles. The fourth-order valence-corrected chi connectivity index (χ4v) is 6.05. The number of carbonyl (C=O) groups excluding carboxylic acids is 2. The number of nitrogens with one attached hydrogen (secondary N) is 1. The van der Waals surface area contributed by atoms with Gasteiger partial charge in [0.05, 0.1) is 21.9 Å². The highest BCUT2D eigenvalue weighted by Gasteiger charge is 2.34. The van der Waals surface area contributed by atoms with Crippen molar-refractivity contribution in [2.24, 2.45) is 5.73 Å². The number of nitrogens with two attached hydrogens (primary N) is 1. The van der Waals surface area contributed by atoms with Gasteiger partial charge in [0.15, 0.2) is 5.16 Å². The van der Waals surface area contributed by atoms with E-state index in [2.05, 4.69) is 15.3 Å². The molecule has 1 aliphatic rings. The molecule has 2 amide bonds. The zero-order chi connectivity index (χ0) is 22.9. The molecule has 0 saturated heterocycles. The van der Waals surface area contributed by atoms with Crippen LogP contribution in [0.2, 0.25) is 0 Å². The van der Waals surface area contributed by atoms with Crippen molar-refractivity contribution in [2.45, 2.75) is 37.0 Å². The van der Waals surface area contributed by atoms with Crippen LogP contribution in [0.5, 0.6) is 0 Å². The van der Waals surface area contributed by atoms with E-state index in [1.54, 1.807) is 17.5 Å². The summed E-state index contributed by atoms with van der Waals surface area (Å²) in [4.78, 5) is 33.8. The maximum atomic E-state index is 13.3. The van der Waals surface area contributed by atoms with Crippen LogP contribution in [0.25, 0.3) is 10.6 Å². The Morgan fingerprint density at radius 2 is 2.00 bits per heavy atom. The Kier molecular flexibility index (Phi) is 6.54. The van der Waals surface area contributed by atoms with Crippen LogP contribution in [0.15, 0.2) is 28.7 Å². The molecule has 0 aromatic carbocycles. The predicted octanol–water partition coefficient (Wildman–Crippen LogP) is 4.99. The maximum absolute atomic E-state index is 13.3. The summed E-state index contributed by atoms with van der Waals surface area (Å²) in [5.74, 6) is -1.30. The number of aryl methyl sites for hydroxylation is 1. The van der Waals surface area contributed by atoms with Crippen molar-refractivity contribution >= 4 is 51.3 Å². The zero-order valence-electron chi connectivity index (χ0n) is 16.5. The molecule has 3 heterocycles. The Morgan fingerprint density at radius 1 is 1.22 bits per heavy atom. The number of hydrogen-bond donors (Lipinski definition) is 2. The minimum absolute atomic E-state index is 0.146. The summed E-state index contributed by atoms with van der Waals surface area (Å²) in [6.45, 7) is 0. The molecular weight excluding hydrogens is 481 g/mol. The number of thiophene rings is 2. The van der Waals surface area contributed by atoms with E-state index in [9.17, 15) is 22.8 Å². The van der Waals surface area contributed by atoms with E-state index in [0.29, 0.717) is 15.4 Å². The number of hydrogen-bond acceptors (Lipinski definition) is 7. The summed E-state index contributed by atoms with van der Waals surface area (Å²) in [5.41, 5.74) is 5.83. The lowest BCUT2D eigenvalue weighted by Gasteiger charge is -2.11. The van der Waals surface area contributed by atoms with Crippen molar-refractivity contribution in [3.05, 3.63) is 45.3 Å². The molecule has 0 atom stereocenters. The summed E-state index contributed by atoms with van der Waals surface area (Å²) in [7, 11) is 0. The van der Waals surface area contributed by atoms with Crippen molar-refractivity contribution in [2.75, 3.05) is 11.1 Å². The second-order valence-electron chi connectivity index (χ2n) is 7.01. The van der Waals surface area contributed by atoms with Crippen molar-refractivity contribution in [1.29, 1.82) is 0 Å². The van der Waals surface area contributed by atoms with E-state index >= 15 is 0 Å². The molecule has 0 unspecified atom stereocenters. The smallest absolute Gasteiger partial charge is 0.365 e. The van der Waals surface area contributed by atoms with Gasteiger partial charge in [0.25, 0.3) is 5.91 Å². The van der Waals surface area contributed by atoms with Gasteiger partial charge in [0, 0.05) is 4.88 Å². The first-order valence-corrected chi connectivity index (χ1v) is 12.3. The molecule has 0 bridgehead atoms. The van der Waals surface area contributed by atoms with Gasteiger partial charge in [-0.05, 0) is 48.8 Å². The van der Waals surface area contributed by atoms with Crippen LogP contribution >= 0.6 is 34.4 Å². The Hall–Kier alpha value is -2.44. The summed E-state index contributed by atoms with van der Waals surface area (Å²) in [5, 5.41) is 4.66. The van der Waals surface area contributed by atoms with E-state index in [0.717, 1.165) is 54.0 Å². The summed E-state index contributed by atoms with van der Waals surface area (Å²) >= 11 is 3.38. The number of anilines is 1. The number of fused-ring (bicyclic) bond motifs is 1. The molecule has 168 valence electrons. The van der Waals surface area contributed by atoms with E-state index in [1.165, 1.54) is 22.7 Å². The minimum Gasteiger partial charge on any atom is -0.365 e. The van der Waals surface area contributed by atoms with Gasteiger partial charge in [-0.25, -0.2) is 9.97 Å². The average Bonchev–Trinajstić information content (AvgIpc) is 3.39. The summed E-state index contributed by atoms with van der Waals surface area (Å²) in [6, 6.07) is 4.27. The third-order valence-corrected chi connectivity index (χ3v) is 7.72. The number of primary amides is 1. The molecule has 32 heavy (non-hydrogen) atoms. The lowest BCUT2D eigenvalue weighted by molar-refractivity contribution is -0.141. The predicted molar refractivity (Wildman–Crippen MR) is 119 cm³/mol. The fourth-order valence-electron chi connectivity index (χ4n) is 3.39. The van der Waals surface area contributed by atoms with Gasteiger partial charge in [-0.3, -0.25) is 9.59 Å². The van der Waals surface area contributed by atoms with Gasteiger partial charge in [-0.1, -0.05) is 17.8 Å². The van der Waals surface area contributed by atoms with Crippen LogP contribution in [0.3, 0.4) is 0 Å². The Morgan fingerprint density at radius 3 is 2.69 bits per heavy atom. The fraction of sp³-hybridized carbons (Fsp3) is 0.300. The van der Waals surface area contributed by atoms with Crippen LogP contribution < -0.4 is 11.1 Å². The van der Waals surface area contributed by atoms with Gasteiger partial charge in [-0.15, -0.1) is 22.7 Å². The number of alkyl halides is 3. The number of amides is 2. The number of thioether (sulfide) groups is 1. The average molecular weight is 499 g/mol. The maximum Gasteiger partial charge on any atom is 0.433 e. The third kappa shape index (κ3) is 4.97. The monoisotopic (exact) mass is 498 g/mol. The molecule has 12 heteroatoms. The second-order valence-corrected chi connectivity index (χ2v) is 10.0. The number of halogens is 3. The highest BCUT2D eigenvalue weighted by atomic mass is 32.2. The largest absolute Gasteiger partial charge is 0.433 e. The van der Waals surface area contributed by atoms with Crippen LogP contribution in [0.1, 0.15) is 39.3 Å². The molecule has 6 nitrogen and oxygen atoms in total. The second kappa shape index (κ2) is 9.20. The number of aromatic nitrogens is 2. The molecule has 0 saturated carbocycles. The van der Waals surface area contributed by atoms with Crippen LogP contribution in [-0.4, -0.2) is 27.5 Å². The van der Waals surface area contributed by atoms with Gasteiger partial charge in [-0.2, -0.15) is 13.2 Å². The number of carbonyl (C=O) groups is 2. The lowest BCUT2D eigenvalue weighted by Crippen LogP contribution is -2.19. The van der Waals surface area contributed by atoms with Gasteiger partial charge < -0.3 is 11.1 Å². The minimum atomic E-state index is -4.64. The quantitative estimate of drug-likeness (QED) is 0.368. The molecule has 0 spiro atoms. The normalized spacial score (nSPS) is 13.6. The SMILES string of the molecule is NC(=O)c1c(NC(=O)CSc2nc(-c3cccs3)cc(C(F)(F)F)n2)sc2c1CCCC2. The topological polar surface area (TPSA) is 98.0 Å². The first-order chi connectivity index (χ1) is 15.2. The highest BCUT2D eigenvalue weighted by molar-refractivity contribution is 7.99. The van der Waals surface area contributed by atoms with Crippen molar-refractivity contribution in [1.82, 2.24) is 9.97 Å². The molecule has 3 aromatic heterocycles. The summed E-state index contributed by atoms with van der Waals surface area (Å²) < 4.78 is 39.9. The molecule has 3 aromatic rings. The van der Waals surface area contributed by atoms with E-state index in [-0.39, 0.29) is 16.6 Å². The van der Waals surface area contributed by atoms with Gasteiger partial charge >= 0.3 is 6.18 Å². The number of nitrogens with zero attached hydrogens (tertiary/aromatic N) is 2. The lowest BCUT2D eigenvalue weighted by atomic mass is 9.95. The Labute approximate surface area is 193 Å². The van der Waals surface area contributed by atoms with E-state index < -0.39 is 23.7 Å². The van der Waals surface area contributed by atoms with Crippen LogP contribution in [0.4, 0.5) is 18.2 Å².